The number of amides is 1. The van der Waals surface area contributed by atoms with E-state index in [9.17, 15) is 18.0 Å². The monoisotopic (exact) mass is 274 g/mol. The highest BCUT2D eigenvalue weighted by molar-refractivity contribution is 5.81. The normalized spacial score (nSPS) is 15.9. The summed E-state index contributed by atoms with van der Waals surface area (Å²) in [6.07, 6.45) is -4.07. The van der Waals surface area contributed by atoms with Crippen molar-refractivity contribution in [3.63, 3.8) is 0 Å². The summed E-state index contributed by atoms with van der Waals surface area (Å²) in [5.74, 6) is -0.347. The van der Waals surface area contributed by atoms with Crippen molar-refractivity contribution in [2.75, 3.05) is 13.2 Å². The minimum absolute atomic E-state index is 0.243. The van der Waals surface area contributed by atoms with Crippen LogP contribution in [0, 0.1) is 0 Å². The van der Waals surface area contributed by atoms with Gasteiger partial charge in [-0.15, -0.1) is 13.2 Å². The van der Waals surface area contributed by atoms with Gasteiger partial charge in [0.2, 0.25) is 0 Å². The van der Waals surface area contributed by atoms with E-state index in [4.69, 9.17) is 0 Å². The van der Waals surface area contributed by atoms with Crippen LogP contribution in [0.15, 0.2) is 29.4 Å². The van der Waals surface area contributed by atoms with Gasteiger partial charge in [-0.25, -0.2) is 4.79 Å². The van der Waals surface area contributed by atoms with E-state index in [0.29, 0.717) is 12.1 Å². The number of hydrazone groups is 1. The van der Waals surface area contributed by atoms with Crippen LogP contribution in [0.2, 0.25) is 0 Å². The fourth-order valence-electron chi connectivity index (χ4n) is 1.42. The molecule has 0 aliphatic carbocycles. The third-order valence-electron chi connectivity index (χ3n) is 2.18. The summed E-state index contributed by atoms with van der Waals surface area (Å²) in [7, 11) is 0. The van der Waals surface area contributed by atoms with Gasteiger partial charge in [-0.05, 0) is 17.7 Å². The molecule has 0 bridgehead atoms. The van der Waals surface area contributed by atoms with E-state index >= 15 is 0 Å². The first-order valence-corrected chi connectivity index (χ1v) is 5.28. The minimum Gasteiger partial charge on any atom is -0.446 e. The number of alkyl halides is 3. The maximum absolute atomic E-state index is 12.0. The lowest BCUT2D eigenvalue weighted by atomic mass is 10.2. The summed E-state index contributed by atoms with van der Waals surface area (Å²) in [6, 6.07) is 5.27. The van der Waals surface area contributed by atoms with Crippen molar-refractivity contribution in [1.82, 2.24) is 5.01 Å². The van der Waals surface area contributed by atoms with Gasteiger partial charge in [0.05, 0.1) is 12.8 Å². The second kappa shape index (κ2) is 5.17. The molecule has 1 aromatic carbocycles. The van der Waals surface area contributed by atoms with Gasteiger partial charge in [-0.1, -0.05) is 12.1 Å². The maximum Gasteiger partial charge on any atom is 0.573 e. The van der Waals surface area contributed by atoms with Gasteiger partial charge in [-0.2, -0.15) is 10.1 Å². The van der Waals surface area contributed by atoms with Crippen LogP contribution in [-0.2, 0) is 4.74 Å². The molecule has 0 aromatic heterocycles. The molecule has 1 aliphatic rings. The highest BCUT2D eigenvalue weighted by Crippen LogP contribution is 2.22. The number of halogens is 3. The molecule has 0 atom stereocenters. The summed E-state index contributed by atoms with van der Waals surface area (Å²) in [6.45, 7) is 0.557. The zero-order valence-electron chi connectivity index (χ0n) is 9.55. The van der Waals surface area contributed by atoms with E-state index < -0.39 is 12.5 Å². The topological polar surface area (TPSA) is 51.1 Å². The molecule has 0 radical (unpaired) electrons. The average molecular weight is 274 g/mol. The molecule has 1 saturated heterocycles. The molecule has 2 rings (SSSR count). The molecule has 0 saturated carbocycles. The van der Waals surface area contributed by atoms with Gasteiger partial charge in [0.25, 0.3) is 0 Å². The lowest BCUT2D eigenvalue weighted by Crippen LogP contribution is -2.18. The maximum atomic E-state index is 12.0. The van der Waals surface area contributed by atoms with Gasteiger partial charge >= 0.3 is 12.5 Å². The molecular formula is C11H9F3N2O3. The van der Waals surface area contributed by atoms with Gasteiger partial charge in [0.1, 0.15) is 12.4 Å². The Morgan fingerprint density at radius 2 is 2.21 bits per heavy atom. The Morgan fingerprint density at radius 1 is 1.42 bits per heavy atom. The van der Waals surface area contributed by atoms with Crippen molar-refractivity contribution in [3.05, 3.63) is 29.8 Å². The second-order valence-corrected chi connectivity index (χ2v) is 3.60. The standard InChI is InChI=1S/C11H9F3N2O3/c12-11(13,14)19-9-3-1-2-8(6-9)7-15-16-4-5-18-10(16)17/h1-3,6-7H,4-5H2/b15-7+. The number of rotatable bonds is 3. The average Bonchev–Trinajstić information content (AvgIpc) is 2.70. The Labute approximate surface area is 106 Å². The minimum atomic E-state index is -4.74. The van der Waals surface area contributed by atoms with Gasteiger partial charge < -0.3 is 9.47 Å². The fourth-order valence-corrected chi connectivity index (χ4v) is 1.42. The highest BCUT2D eigenvalue weighted by Gasteiger charge is 2.31. The first-order chi connectivity index (χ1) is 8.94. The molecule has 1 amide bonds. The van der Waals surface area contributed by atoms with E-state index in [1.807, 2.05) is 0 Å². The zero-order chi connectivity index (χ0) is 13.9. The van der Waals surface area contributed by atoms with Crippen molar-refractivity contribution >= 4 is 12.3 Å². The molecule has 0 N–H and O–H groups in total. The molecule has 0 spiro atoms. The van der Waals surface area contributed by atoms with Crippen LogP contribution in [0.3, 0.4) is 0 Å². The summed E-state index contributed by atoms with van der Waals surface area (Å²) in [4.78, 5) is 11.1. The number of hydrogen-bond donors (Lipinski definition) is 0. The molecule has 1 aromatic rings. The van der Waals surface area contributed by atoms with Crippen molar-refractivity contribution in [2.24, 2.45) is 5.10 Å². The van der Waals surface area contributed by atoms with Crippen molar-refractivity contribution in [2.45, 2.75) is 6.36 Å². The number of hydrogen-bond acceptors (Lipinski definition) is 4. The Kier molecular flexibility index (Phi) is 3.59. The molecule has 19 heavy (non-hydrogen) atoms. The van der Waals surface area contributed by atoms with Crippen LogP contribution in [0.5, 0.6) is 5.75 Å². The van der Waals surface area contributed by atoms with Gasteiger partial charge in [0.15, 0.2) is 0 Å². The molecule has 1 aliphatic heterocycles. The van der Waals surface area contributed by atoms with Crippen molar-refractivity contribution in [3.8, 4) is 5.75 Å². The van der Waals surface area contributed by atoms with Gasteiger partial charge in [-0.3, -0.25) is 0 Å². The Hall–Kier alpha value is -2.25. The van der Waals surface area contributed by atoms with Crippen molar-refractivity contribution in [1.29, 1.82) is 0 Å². The number of carbonyl (C=O) groups excluding carboxylic acids is 1. The predicted octanol–water partition coefficient (Wildman–Crippen LogP) is 2.37. The number of nitrogens with zero attached hydrogens (tertiary/aromatic N) is 2. The van der Waals surface area contributed by atoms with Crippen LogP contribution < -0.4 is 4.74 Å². The van der Waals surface area contributed by atoms with Crippen molar-refractivity contribution < 1.29 is 27.4 Å². The summed E-state index contributed by atoms with van der Waals surface area (Å²) in [5.41, 5.74) is 0.376. The first-order valence-electron chi connectivity index (χ1n) is 5.28. The van der Waals surface area contributed by atoms with Crippen LogP contribution in [-0.4, -0.2) is 36.8 Å². The van der Waals surface area contributed by atoms with E-state index in [2.05, 4.69) is 14.6 Å². The Bertz CT molecular complexity index is 502. The van der Waals surface area contributed by atoms with E-state index in [1.165, 1.54) is 30.5 Å². The quantitative estimate of drug-likeness (QED) is 0.795. The Morgan fingerprint density at radius 3 is 2.84 bits per heavy atom. The number of benzene rings is 1. The lowest BCUT2D eigenvalue weighted by Gasteiger charge is -2.09. The van der Waals surface area contributed by atoms with E-state index in [1.54, 1.807) is 0 Å². The molecule has 5 nitrogen and oxygen atoms in total. The SMILES string of the molecule is O=C1OCCN1/N=C/c1cccc(OC(F)(F)F)c1. The van der Waals surface area contributed by atoms with E-state index in [-0.39, 0.29) is 12.4 Å². The lowest BCUT2D eigenvalue weighted by molar-refractivity contribution is -0.274. The molecule has 8 heteroatoms. The molecule has 1 fully saturated rings. The van der Waals surface area contributed by atoms with Crippen LogP contribution in [0.4, 0.5) is 18.0 Å². The summed E-state index contributed by atoms with van der Waals surface area (Å²) in [5, 5.41) is 4.89. The second-order valence-electron chi connectivity index (χ2n) is 3.60. The molecule has 1 heterocycles. The smallest absolute Gasteiger partial charge is 0.446 e. The van der Waals surface area contributed by atoms with Gasteiger partial charge in [0, 0.05) is 0 Å². The van der Waals surface area contributed by atoms with E-state index in [0.717, 1.165) is 5.01 Å². The fraction of sp³-hybridized carbons (Fsp3) is 0.273. The van der Waals surface area contributed by atoms with Crippen LogP contribution in [0.25, 0.3) is 0 Å². The number of carbonyl (C=O) groups is 1. The predicted molar refractivity (Wildman–Crippen MR) is 58.8 cm³/mol. The number of cyclic esters (lactones) is 1. The Balaban J connectivity index is 2.06. The summed E-state index contributed by atoms with van der Waals surface area (Å²) < 4.78 is 44.5. The molecule has 102 valence electrons. The zero-order valence-corrected chi connectivity index (χ0v) is 9.55. The third-order valence-corrected chi connectivity index (χ3v) is 2.18. The molecular weight excluding hydrogens is 265 g/mol. The van der Waals surface area contributed by atoms with Crippen LogP contribution >= 0.6 is 0 Å². The summed E-state index contributed by atoms with van der Waals surface area (Å²) >= 11 is 0. The van der Waals surface area contributed by atoms with Crippen LogP contribution in [0.1, 0.15) is 5.56 Å². The third kappa shape index (κ3) is 3.87. The molecule has 0 unspecified atom stereocenters. The highest BCUT2D eigenvalue weighted by atomic mass is 19.4. The number of ether oxygens (including phenoxy) is 2. The largest absolute Gasteiger partial charge is 0.573 e. The first kappa shape index (κ1) is 13.2.